The topological polar surface area (TPSA) is 110 Å². The first-order chi connectivity index (χ1) is 17.8. The van der Waals surface area contributed by atoms with Crippen LogP contribution >= 0.6 is 0 Å². The molecule has 0 spiro atoms. The standard InChI is InChI=1S/C30H43NO6S/c1-7-9-11-22(24-14-13-23(20-27(24)37-6)38(35,36)16-10-8-2)19-28(32)31-26-17-21(18-29(33)34)12-15-25(26)30(3,4)5/h12-15,17,20,22H,7-11,16,18-19H2,1-6H3,(H,31,32)(H,33,34). The van der Waals surface area contributed by atoms with E-state index >= 15 is 0 Å². The second-order valence-corrected chi connectivity index (χ2v) is 13.0. The van der Waals surface area contributed by atoms with Gasteiger partial charge < -0.3 is 15.2 Å². The summed E-state index contributed by atoms with van der Waals surface area (Å²) in [7, 11) is -1.90. The van der Waals surface area contributed by atoms with Crippen molar-refractivity contribution in [3.05, 3.63) is 53.1 Å². The van der Waals surface area contributed by atoms with E-state index in [1.54, 1.807) is 30.3 Å². The number of carboxylic acids is 1. The number of methoxy groups -OCH3 is 1. The van der Waals surface area contributed by atoms with Gasteiger partial charge in [0.2, 0.25) is 5.91 Å². The van der Waals surface area contributed by atoms with Gasteiger partial charge >= 0.3 is 5.97 Å². The quantitative estimate of drug-likeness (QED) is 0.281. The molecule has 1 unspecified atom stereocenters. The number of hydrogen-bond acceptors (Lipinski definition) is 5. The number of carboxylic acid groups (broad SMARTS) is 1. The smallest absolute Gasteiger partial charge is 0.307 e. The molecular formula is C30H43NO6S. The molecule has 0 fully saturated rings. The molecule has 0 aliphatic rings. The van der Waals surface area contributed by atoms with Gasteiger partial charge in [-0.2, -0.15) is 0 Å². The van der Waals surface area contributed by atoms with Crippen molar-refractivity contribution in [2.45, 2.75) is 95.8 Å². The van der Waals surface area contributed by atoms with E-state index in [1.165, 1.54) is 7.11 Å². The molecular weight excluding hydrogens is 502 g/mol. The number of sulfone groups is 1. The first-order valence-electron chi connectivity index (χ1n) is 13.4. The van der Waals surface area contributed by atoms with Crippen LogP contribution in [0.5, 0.6) is 5.75 Å². The zero-order chi connectivity index (χ0) is 28.5. The molecule has 2 N–H and O–H groups in total. The molecule has 0 aliphatic carbocycles. The highest BCUT2D eigenvalue weighted by molar-refractivity contribution is 7.91. The minimum Gasteiger partial charge on any atom is -0.496 e. The fourth-order valence-corrected chi connectivity index (χ4v) is 6.02. The summed E-state index contributed by atoms with van der Waals surface area (Å²) < 4.78 is 31.1. The van der Waals surface area contributed by atoms with Crippen LogP contribution in [0.4, 0.5) is 5.69 Å². The van der Waals surface area contributed by atoms with E-state index < -0.39 is 15.8 Å². The van der Waals surface area contributed by atoms with Crippen LogP contribution in [0.15, 0.2) is 41.3 Å². The van der Waals surface area contributed by atoms with Gasteiger partial charge in [0.25, 0.3) is 0 Å². The Morgan fingerprint density at radius 3 is 2.29 bits per heavy atom. The summed E-state index contributed by atoms with van der Waals surface area (Å²) in [5.41, 5.74) is 2.70. The summed E-state index contributed by atoms with van der Waals surface area (Å²) >= 11 is 0. The molecule has 7 nitrogen and oxygen atoms in total. The van der Waals surface area contributed by atoms with Crippen molar-refractivity contribution in [3.8, 4) is 5.75 Å². The average Bonchev–Trinajstić information content (AvgIpc) is 2.84. The molecule has 1 atom stereocenters. The largest absolute Gasteiger partial charge is 0.496 e. The Bertz CT molecular complexity index is 1210. The van der Waals surface area contributed by atoms with E-state index in [0.29, 0.717) is 23.4 Å². The number of aliphatic carboxylic acids is 1. The van der Waals surface area contributed by atoms with Gasteiger partial charge in [0.15, 0.2) is 9.84 Å². The molecule has 0 saturated carbocycles. The summed E-state index contributed by atoms with van der Waals surface area (Å²) in [5.74, 6) is -0.735. The second kappa shape index (κ2) is 13.8. The highest BCUT2D eigenvalue weighted by atomic mass is 32.2. The van der Waals surface area contributed by atoms with Crippen LogP contribution in [-0.4, -0.2) is 38.3 Å². The Morgan fingerprint density at radius 1 is 1.03 bits per heavy atom. The highest BCUT2D eigenvalue weighted by Crippen LogP contribution is 2.36. The van der Waals surface area contributed by atoms with Crippen LogP contribution in [0.25, 0.3) is 0 Å². The van der Waals surface area contributed by atoms with Crippen LogP contribution in [0.2, 0.25) is 0 Å². The number of carbonyl (C=O) groups excluding carboxylic acids is 1. The lowest BCUT2D eigenvalue weighted by molar-refractivity contribution is -0.136. The molecule has 0 aliphatic heterocycles. The molecule has 0 radical (unpaired) electrons. The molecule has 2 aromatic rings. The van der Waals surface area contributed by atoms with Crippen molar-refractivity contribution in [1.29, 1.82) is 0 Å². The maximum Gasteiger partial charge on any atom is 0.307 e. The van der Waals surface area contributed by atoms with Gasteiger partial charge in [-0.25, -0.2) is 8.42 Å². The number of anilines is 1. The summed E-state index contributed by atoms with van der Waals surface area (Å²) in [6, 6.07) is 10.4. The monoisotopic (exact) mass is 545 g/mol. The van der Waals surface area contributed by atoms with Gasteiger partial charge in [0.05, 0.1) is 24.2 Å². The zero-order valence-electron chi connectivity index (χ0n) is 23.6. The van der Waals surface area contributed by atoms with Crippen LogP contribution in [0, 0.1) is 0 Å². The molecule has 2 aromatic carbocycles. The lowest BCUT2D eigenvalue weighted by atomic mass is 9.84. The summed E-state index contributed by atoms with van der Waals surface area (Å²) in [4.78, 5) is 24.8. The van der Waals surface area contributed by atoms with Crippen molar-refractivity contribution in [2.75, 3.05) is 18.2 Å². The number of benzene rings is 2. The molecule has 2 rings (SSSR count). The maximum absolute atomic E-state index is 13.4. The third-order valence-corrected chi connectivity index (χ3v) is 8.43. The Balaban J connectivity index is 2.38. The molecule has 0 saturated heterocycles. The third kappa shape index (κ3) is 8.86. The number of nitrogens with one attached hydrogen (secondary N) is 1. The number of carbonyl (C=O) groups is 2. The van der Waals surface area contributed by atoms with Crippen molar-refractivity contribution in [1.82, 2.24) is 0 Å². The highest BCUT2D eigenvalue weighted by Gasteiger charge is 2.25. The predicted octanol–water partition coefficient (Wildman–Crippen LogP) is 6.50. The minimum absolute atomic E-state index is 0.0880. The second-order valence-electron chi connectivity index (χ2n) is 10.9. The zero-order valence-corrected chi connectivity index (χ0v) is 24.4. The van der Waals surface area contributed by atoms with E-state index in [4.69, 9.17) is 4.74 Å². The minimum atomic E-state index is -3.41. The summed E-state index contributed by atoms with van der Waals surface area (Å²) in [6.45, 7) is 10.2. The van der Waals surface area contributed by atoms with Crippen molar-refractivity contribution >= 4 is 27.4 Å². The Morgan fingerprint density at radius 2 is 1.71 bits per heavy atom. The molecule has 38 heavy (non-hydrogen) atoms. The molecule has 0 bridgehead atoms. The van der Waals surface area contributed by atoms with Crippen molar-refractivity contribution < 1.29 is 27.9 Å². The number of amides is 1. The number of rotatable bonds is 14. The molecule has 0 aromatic heterocycles. The van der Waals surface area contributed by atoms with Crippen molar-refractivity contribution in [3.63, 3.8) is 0 Å². The number of hydrogen-bond donors (Lipinski definition) is 2. The number of unbranched alkanes of at least 4 members (excludes halogenated alkanes) is 2. The van der Waals surface area contributed by atoms with Gasteiger partial charge in [-0.3, -0.25) is 9.59 Å². The number of ether oxygens (including phenoxy) is 1. The van der Waals surface area contributed by atoms with E-state index in [1.807, 2.05) is 33.8 Å². The molecule has 0 heterocycles. The Labute approximate surface area is 227 Å². The first-order valence-corrected chi connectivity index (χ1v) is 15.0. The summed E-state index contributed by atoms with van der Waals surface area (Å²) in [6.07, 6.45) is 4.04. The molecule has 8 heteroatoms. The van der Waals surface area contributed by atoms with Crippen LogP contribution in [0.3, 0.4) is 0 Å². The average molecular weight is 546 g/mol. The summed E-state index contributed by atoms with van der Waals surface area (Å²) in [5, 5.41) is 12.3. The predicted molar refractivity (Wildman–Crippen MR) is 152 cm³/mol. The van der Waals surface area contributed by atoms with E-state index in [-0.39, 0.29) is 40.7 Å². The van der Waals surface area contributed by atoms with Gasteiger partial charge in [-0.1, -0.05) is 72.1 Å². The van der Waals surface area contributed by atoms with Gasteiger partial charge in [-0.05, 0) is 59.1 Å². The fraction of sp³-hybridized carbons (Fsp3) is 0.533. The van der Waals surface area contributed by atoms with E-state index in [0.717, 1.165) is 36.8 Å². The first kappa shape index (κ1) is 31.3. The van der Waals surface area contributed by atoms with Crippen LogP contribution < -0.4 is 10.1 Å². The normalized spacial score (nSPS) is 12.7. The third-order valence-electron chi connectivity index (χ3n) is 6.63. The van der Waals surface area contributed by atoms with Crippen LogP contribution in [0.1, 0.15) is 95.8 Å². The van der Waals surface area contributed by atoms with Gasteiger partial charge in [0.1, 0.15) is 5.75 Å². The van der Waals surface area contributed by atoms with E-state index in [9.17, 15) is 23.1 Å². The Hall–Kier alpha value is -2.87. The van der Waals surface area contributed by atoms with Crippen LogP contribution in [-0.2, 0) is 31.3 Å². The SMILES string of the molecule is CCCCC(CC(=O)Nc1cc(CC(=O)O)ccc1C(C)(C)C)c1ccc(S(=O)(=O)CCCC)cc1OC. The van der Waals surface area contributed by atoms with E-state index in [2.05, 4.69) is 12.2 Å². The Kier molecular flexibility index (Phi) is 11.4. The lowest BCUT2D eigenvalue weighted by Gasteiger charge is -2.25. The molecule has 210 valence electrons. The van der Waals surface area contributed by atoms with Gasteiger partial charge in [0, 0.05) is 12.1 Å². The van der Waals surface area contributed by atoms with Gasteiger partial charge in [-0.15, -0.1) is 0 Å². The molecule has 1 amide bonds. The fourth-order valence-electron chi connectivity index (χ4n) is 4.55. The van der Waals surface area contributed by atoms with Crippen molar-refractivity contribution in [2.24, 2.45) is 0 Å². The maximum atomic E-state index is 13.4. The lowest BCUT2D eigenvalue weighted by Crippen LogP contribution is -2.21.